The molecule has 1 saturated carbocycles. The van der Waals surface area contributed by atoms with Crippen LogP contribution in [0.3, 0.4) is 0 Å². The molecular weight excluding hydrogens is 431 g/mol. The minimum absolute atomic E-state index is 0. The summed E-state index contributed by atoms with van der Waals surface area (Å²) in [6.45, 7) is 5.25. The third kappa shape index (κ3) is 8.57. The number of guanidine groups is 1. The van der Waals surface area contributed by atoms with E-state index >= 15 is 0 Å². The first-order valence-corrected chi connectivity index (χ1v) is 9.30. The van der Waals surface area contributed by atoms with Gasteiger partial charge in [-0.2, -0.15) is 0 Å². The number of amides is 1. The zero-order valence-electron chi connectivity index (χ0n) is 16.4. The molecule has 1 rings (SSSR count). The monoisotopic (exact) mass is 468 g/mol. The van der Waals surface area contributed by atoms with Gasteiger partial charge in [-0.1, -0.05) is 26.2 Å². The maximum Gasteiger partial charge on any atom is 0.230 e. The van der Waals surface area contributed by atoms with Gasteiger partial charge in [0.05, 0.1) is 5.41 Å². The lowest BCUT2D eigenvalue weighted by atomic mass is 9.84. The molecule has 6 nitrogen and oxygen atoms in total. The minimum Gasteiger partial charge on any atom is -0.381 e. The minimum atomic E-state index is -0.273. The summed E-state index contributed by atoms with van der Waals surface area (Å²) in [5.74, 6) is 0.994. The SMILES string of the molecule is CCCCOCCCNC(=NC)NCC1(C(=O)N(C)C)CCCC1.I. The molecule has 0 unspecified atom stereocenters. The first-order chi connectivity index (χ1) is 11.6. The number of carbonyl (C=O) groups excluding carboxylic acids is 1. The number of carbonyl (C=O) groups is 1. The Morgan fingerprint density at radius 3 is 2.36 bits per heavy atom. The molecule has 0 heterocycles. The second-order valence-corrected chi connectivity index (χ2v) is 6.86. The highest BCUT2D eigenvalue weighted by molar-refractivity contribution is 14.0. The number of aliphatic imine (C=N–C) groups is 1. The maximum atomic E-state index is 12.6. The fraction of sp³-hybridized carbons (Fsp3) is 0.889. The van der Waals surface area contributed by atoms with E-state index in [-0.39, 0.29) is 35.3 Å². The van der Waals surface area contributed by atoms with Crippen molar-refractivity contribution in [2.45, 2.75) is 51.9 Å². The van der Waals surface area contributed by atoms with Gasteiger partial charge in [0, 0.05) is 47.4 Å². The van der Waals surface area contributed by atoms with Crippen LogP contribution in [0.4, 0.5) is 0 Å². The van der Waals surface area contributed by atoms with Gasteiger partial charge in [-0.05, 0) is 25.7 Å². The molecule has 0 saturated heterocycles. The van der Waals surface area contributed by atoms with E-state index in [9.17, 15) is 4.79 Å². The Bertz CT molecular complexity index is 397. The van der Waals surface area contributed by atoms with E-state index in [0.29, 0.717) is 6.54 Å². The Morgan fingerprint density at radius 1 is 1.16 bits per heavy atom. The molecule has 0 atom stereocenters. The third-order valence-electron chi connectivity index (χ3n) is 4.64. The molecule has 148 valence electrons. The molecule has 1 aliphatic carbocycles. The van der Waals surface area contributed by atoms with Crippen molar-refractivity contribution in [3.8, 4) is 0 Å². The van der Waals surface area contributed by atoms with E-state index in [1.165, 1.54) is 6.42 Å². The highest BCUT2D eigenvalue weighted by Crippen LogP contribution is 2.38. The van der Waals surface area contributed by atoms with Gasteiger partial charge >= 0.3 is 0 Å². The van der Waals surface area contributed by atoms with Gasteiger partial charge in [-0.15, -0.1) is 24.0 Å². The molecule has 1 aliphatic rings. The molecule has 0 aliphatic heterocycles. The number of nitrogens with one attached hydrogen (secondary N) is 2. The van der Waals surface area contributed by atoms with Crippen LogP contribution < -0.4 is 10.6 Å². The quantitative estimate of drug-likeness (QED) is 0.224. The van der Waals surface area contributed by atoms with E-state index < -0.39 is 0 Å². The Labute approximate surface area is 170 Å². The van der Waals surface area contributed by atoms with Crippen molar-refractivity contribution >= 4 is 35.8 Å². The summed E-state index contributed by atoms with van der Waals surface area (Å²) in [4.78, 5) is 18.5. The van der Waals surface area contributed by atoms with Crippen molar-refractivity contribution in [2.75, 3.05) is 47.4 Å². The average Bonchev–Trinajstić information content (AvgIpc) is 3.06. The van der Waals surface area contributed by atoms with Gasteiger partial charge < -0.3 is 20.3 Å². The normalized spacial score (nSPS) is 16.2. The highest BCUT2D eigenvalue weighted by atomic mass is 127. The molecule has 2 N–H and O–H groups in total. The van der Waals surface area contributed by atoms with E-state index in [2.05, 4.69) is 22.5 Å². The van der Waals surface area contributed by atoms with Gasteiger partial charge in [0.25, 0.3) is 0 Å². The number of hydrogen-bond acceptors (Lipinski definition) is 3. The molecule has 25 heavy (non-hydrogen) atoms. The van der Waals surface area contributed by atoms with Crippen LogP contribution in [0, 0.1) is 5.41 Å². The molecule has 0 bridgehead atoms. The standard InChI is InChI=1S/C18H36N4O2.HI/c1-5-6-13-24-14-9-12-20-17(19-2)21-15-18(10-7-8-11-18)16(23)22(3)4;/h5-15H2,1-4H3,(H2,19,20,21);1H. The number of unbranched alkanes of at least 4 members (excludes halogenated alkanes) is 1. The van der Waals surface area contributed by atoms with Gasteiger partial charge in [0.2, 0.25) is 5.91 Å². The number of halogens is 1. The van der Waals surface area contributed by atoms with E-state index in [4.69, 9.17) is 4.74 Å². The van der Waals surface area contributed by atoms with Crippen molar-refractivity contribution in [2.24, 2.45) is 10.4 Å². The summed E-state index contributed by atoms with van der Waals surface area (Å²) in [6, 6.07) is 0. The Hall–Kier alpha value is -0.570. The van der Waals surface area contributed by atoms with Crippen LogP contribution in [-0.4, -0.2) is 64.2 Å². The molecular formula is C18H37IN4O2. The first-order valence-electron chi connectivity index (χ1n) is 9.30. The molecule has 0 spiro atoms. The van der Waals surface area contributed by atoms with Crippen molar-refractivity contribution in [3.63, 3.8) is 0 Å². The lowest BCUT2D eigenvalue weighted by Gasteiger charge is -2.31. The van der Waals surface area contributed by atoms with Gasteiger partial charge in [0.15, 0.2) is 5.96 Å². The number of rotatable bonds is 10. The zero-order valence-corrected chi connectivity index (χ0v) is 18.7. The lowest BCUT2D eigenvalue weighted by molar-refractivity contribution is -0.138. The molecule has 0 aromatic rings. The molecule has 1 fully saturated rings. The first kappa shape index (κ1) is 24.4. The predicted molar refractivity (Wildman–Crippen MR) is 115 cm³/mol. The smallest absolute Gasteiger partial charge is 0.230 e. The molecule has 0 aromatic heterocycles. The van der Waals surface area contributed by atoms with E-state index in [1.54, 1.807) is 11.9 Å². The lowest BCUT2D eigenvalue weighted by Crippen LogP contribution is -2.49. The summed E-state index contributed by atoms with van der Waals surface area (Å²) in [5, 5.41) is 6.65. The van der Waals surface area contributed by atoms with Crippen LogP contribution in [0.1, 0.15) is 51.9 Å². The van der Waals surface area contributed by atoms with Crippen LogP contribution in [0.2, 0.25) is 0 Å². The fourth-order valence-electron chi connectivity index (χ4n) is 3.20. The predicted octanol–water partition coefficient (Wildman–Crippen LogP) is 2.62. The van der Waals surface area contributed by atoms with Crippen molar-refractivity contribution in [1.29, 1.82) is 0 Å². The second-order valence-electron chi connectivity index (χ2n) is 6.86. The van der Waals surface area contributed by atoms with Crippen LogP contribution in [-0.2, 0) is 9.53 Å². The Morgan fingerprint density at radius 2 is 1.80 bits per heavy atom. The number of hydrogen-bond donors (Lipinski definition) is 2. The Balaban J connectivity index is 0.00000576. The van der Waals surface area contributed by atoms with Crippen LogP contribution in [0.25, 0.3) is 0 Å². The van der Waals surface area contributed by atoms with Crippen molar-refractivity contribution in [3.05, 3.63) is 0 Å². The zero-order chi connectivity index (χ0) is 17.8. The van der Waals surface area contributed by atoms with E-state index in [0.717, 1.165) is 64.2 Å². The fourth-order valence-corrected chi connectivity index (χ4v) is 3.20. The van der Waals surface area contributed by atoms with E-state index in [1.807, 2.05) is 14.1 Å². The summed E-state index contributed by atoms with van der Waals surface area (Å²) >= 11 is 0. The summed E-state index contributed by atoms with van der Waals surface area (Å²) < 4.78 is 5.55. The molecule has 0 radical (unpaired) electrons. The summed E-state index contributed by atoms with van der Waals surface area (Å²) in [6.07, 6.45) is 7.41. The highest BCUT2D eigenvalue weighted by Gasteiger charge is 2.42. The molecule has 7 heteroatoms. The summed E-state index contributed by atoms with van der Waals surface area (Å²) in [7, 11) is 5.45. The van der Waals surface area contributed by atoms with Crippen LogP contribution in [0.15, 0.2) is 4.99 Å². The summed E-state index contributed by atoms with van der Waals surface area (Å²) in [5.41, 5.74) is -0.273. The second kappa shape index (κ2) is 13.6. The molecule has 1 amide bonds. The largest absolute Gasteiger partial charge is 0.381 e. The van der Waals surface area contributed by atoms with Gasteiger partial charge in [-0.25, -0.2) is 0 Å². The number of ether oxygens (including phenoxy) is 1. The van der Waals surface area contributed by atoms with Crippen LogP contribution >= 0.6 is 24.0 Å². The van der Waals surface area contributed by atoms with Crippen LogP contribution in [0.5, 0.6) is 0 Å². The topological polar surface area (TPSA) is 66.0 Å². The number of nitrogens with zero attached hydrogens (tertiary/aromatic N) is 2. The van der Waals surface area contributed by atoms with Crippen molar-refractivity contribution < 1.29 is 9.53 Å². The maximum absolute atomic E-state index is 12.6. The molecule has 0 aromatic carbocycles. The average molecular weight is 468 g/mol. The van der Waals surface area contributed by atoms with Gasteiger partial charge in [-0.3, -0.25) is 9.79 Å². The van der Waals surface area contributed by atoms with Gasteiger partial charge in [0.1, 0.15) is 0 Å². The third-order valence-corrected chi connectivity index (χ3v) is 4.64. The van der Waals surface area contributed by atoms with Crippen molar-refractivity contribution in [1.82, 2.24) is 15.5 Å². The Kier molecular flexibility index (Phi) is 13.3.